The number of esters is 1. The van der Waals surface area contributed by atoms with Gasteiger partial charge in [0.2, 0.25) is 0 Å². The molecule has 0 aliphatic heterocycles. The standard InChI is InChI=1S/C12H18N2O4S/c1-12(2,3)18-11(15)10(14-19(13,16)17)9-7-5-4-6-8-9/h4-8,10,14H,1-3H3,(H2,13,16,17)/t10-/m1/s1. The predicted molar refractivity (Wildman–Crippen MR) is 71.3 cm³/mol. The summed E-state index contributed by atoms with van der Waals surface area (Å²) in [5.74, 6) is -0.701. The Morgan fingerprint density at radius 1 is 1.26 bits per heavy atom. The van der Waals surface area contributed by atoms with E-state index in [1.54, 1.807) is 51.1 Å². The number of rotatable bonds is 4. The van der Waals surface area contributed by atoms with Gasteiger partial charge in [0.05, 0.1) is 0 Å². The van der Waals surface area contributed by atoms with E-state index in [2.05, 4.69) is 4.72 Å². The van der Waals surface area contributed by atoms with E-state index in [0.29, 0.717) is 5.56 Å². The highest BCUT2D eigenvalue weighted by Gasteiger charge is 2.29. The molecule has 0 amide bonds. The first-order valence-electron chi connectivity index (χ1n) is 5.66. The largest absolute Gasteiger partial charge is 0.459 e. The van der Waals surface area contributed by atoms with Crippen molar-refractivity contribution in [2.24, 2.45) is 5.14 Å². The first-order chi connectivity index (χ1) is 8.58. The van der Waals surface area contributed by atoms with E-state index in [1.807, 2.05) is 0 Å². The van der Waals surface area contributed by atoms with E-state index in [9.17, 15) is 13.2 Å². The number of carbonyl (C=O) groups excluding carboxylic acids is 1. The molecule has 0 heterocycles. The first kappa shape index (κ1) is 15.6. The average molecular weight is 286 g/mol. The fourth-order valence-corrected chi connectivity index (χ4v) is 1.98. The lowest BCUT2D eigenvalue weighted by atomic mass is 10.1. The smallest absolute Gasteiger partial charge is 0.329 e. The lowest BCUT2D eigenvalue weighted by Gasteiger charge is -2.24. The monoisotopic (exact) mass is 286 g/mol. The van der Waals surface area contributed by atoms with Gasteiger partial charge in [0.15, 0.2) is 0 Å². The molecule has 7 heteroatoms. The number of carbonyl (C=O) groups is 1. The van der Waals surface area contributed by atoms with Crippen LogP contribution < -0.4 is 9.86 Å². The van der Waals surface area contributed by atoms with Gasteiger partial charge in [-0.1, -0.05) is 30.3 Å². The Hall–Kier alpha value is -1.44. The maximum absolute atomic E-state index is 12.0. The molecule has 1 aromatic carbocycles. The minimum Gasteiger partial charge on any atom is -0.459 e. The van der Waals surface area contributed by atoms with Crippen molar-refractivity contribution in [3.05, 3.63) is 35.9 Å². The molecule has 1 rings (SSSR count). The number of ether oxygens (including phenoxy) is 1. The molecule has 0 unspecified atom stereocenters. The van der Waals surface area contributed by atoms with Crippen molar-refractivity contribution in [2.75, 3.05) is 0 Å². The molecule has 19 heavy (non-hydrogen) atoms. The Morgan fingerprint density at radius 3 is 2.21 bits per heavy atom. The summed E-state index contributed by atoms with van der Waals surface area (Å²) >= 11 is 0. The summed E-state index contributed by atoms with van der Waals surface area (Å²) in [7, 11) is -4.02. The number of hydrogen-bond donors (Lipinski definition) is 2. The third-order valence-corrected chi connectivity index (χ3v) is 2.62. The summed E-state index contributed by atoms with van der Waals surface area (Å²) in [5.41, 5.74) is -0.254. The molecule has 1 atom stereocenters. The van der Waals surface area contributed by atoms with Crippen LogP contribution in [-0.2, 0) is 19.7 Å². The highest BCUT2D eigenvalue weighted by Crippen LogP contribution is 2.18. The molecule has 0 aliphatic carbocycles. The van der Waals surface area contributed by atoms with Gasteiger partial charge in [-0.25, -0.2) is 9.93 Å². The van der Waals surface area contributed by atoms with Crippen molar-refractivity contribution in [1.29, 1.82) is 0 Å². The Kier molecular flexibility index (Phi) is 4.67. The van der Waals surface area contributed by atoms with Gasteiger partial charge in [-0.2, -0.15) is 13.1 Å². The van der Waals surface area contributed by atoms with Crippen LogP contribution in [0.2, 0.25) is 0 Å². The van der Waals surface area contributed by atoms with Gasteiger partial charge >= 0.3 is 5.97 Å². The van der Waals surface area contributed by atoms with Crippen molar-refractivity contribution < 1.29 is 17.9 Å². The lowest BCUT2D eigenvalue weighted by molar-refractivity contribution is -0.157. The van der Waals surface area contributed by atoms with Gasteiger partial charge in [0.1, 0.15) is 11.6 Å². The molecule has 0 radical (unpaired) electrons. The van der Waals surface area contributed by atoms with E-state index in [-0.39, 0.29) is 0 Å². The van der Waals surface area contributed by atoms with E-state index < -0.39 is 27.8 Å². The Balaban J connectivity index is 3.03. The summed E-state index contributed by atoms with van der Waals surface area (Å²) in [4.78, 5) is 12.0. The van der Waals surface area contributed by atoms with Gasteiger partial charge in [-0.3, -0.25) is 0 Å². The molecule has 0 saturated heterocycles. The SMILES string of the molecule is CC(C)(C)OC(=O)[C@H](NS(N)(=O)=O)c1ccccc1. The van der Waals surface area contributed by atoms with Crippen molar-refractivity contribution in [2.45, 2.75) is 32.4 Å². The van der Waals surface area contributed by atoms with Crippen LogP contribution >= 0.6 is 0 Å². The lowest BCUT2D eigenvalue weighted by Crippen LogP contribution is -2.40. The van der Waals surface area contributed by atoms with Crippen molar-refractivity contribution in [1.82, 2.24) is 4.72 Å². The van der Waals surface area contributed by atoms with Gasteiger partial charge in [0.25, 0.3) is 10.2 Å². The summed E-state index contributed by atoms with van der Waals surface area (Å²) in [6.45, 7) is 5.09. The van der Waals surface area contributed by atoms with Crippen LogP contribution in [0.4, 0.5) is 0 Å². The highest BCUT2D eigenvalue weighted by atomic mass is 32.2. The number of nitrogens with two attached hydrogens (primary N) is 1. The Morgan fingerprint density at radius 2 is 1.79 bits per heavy atom. The fraction of sp³-hybridized carbons (Fsp3) is 0.417. The van der Waals surface area contributed by atoms with Crippen LogP contribution in [0.1, 0.15) is 32.4 Å². The highest BCUT2D eigenvalue weighted by molar-refractivity contribution is 7.87. The molecule has 0 saturated carbocycles. The van der Waals surface area contributed by atoms with E-state index in [1.165, 1.54) is 0 Å². The van der Waals surface area contributed by atoms with Crippen molar-refractivity contribution in [3.8, 4) is 0 Å². The second kappa shape index (κ2) is 5.68. The quantitative estimate of drug-likeness (QED) is 0.802. The molecule has 1 aromatic rings. The van der Waals surface area contributed by atoms with Gasteiger partial charge in [-0.05, 0) is 26.3 Å². The van der Waals surface area contributed by atoms with Gasteiger partial charge in [0, 0.05) is 0 Å². The molecular formula is C12H18N2O4S. The van der Waals surface area contributed by atoms with Crippen LogP contribution in [0, 0.1) is 0 Å². The van der Waals surface area contributed by atoms with Crippen LogP contribution in [0.5, 0.6) is 0 Å². The second-order valence-corrected chi connectivity index (χ2v) is 6.37. The van der Waals surface area contributed by atoms with Crippen LogP contribution in [-0.4, -0.2) is 20.0 Å². The fourth-order valence-electron chi connectivity index (χ4n) is 1.42. The molecule has 106 valence electrons. The predicted octanol–water partition coefficient (Wildman–Crippen LogP) is 0.863. The molecule has 0 spiro atoms. The zero-order valence-corrected chi connectivity index (χ0v) is 11.9. The summed E-state index contributed by atoms with van der Waals surface area (Å²) in [6.07, 6.45) is 0. The van der Waals surface area contributed by atoms with Gasteiger partial charge in [-0.15, -0.1) is 0 Å². The van der Waals surface area contributed by atoms with Crippen molar-refractivity contribution in [3.63, 3.8) is 0 Å². The van der Waals surface area contributed by atoms with Crippen LogP contribution in [0.3, 0.4) is 0 Å². The molecule has 0 fully saturated rings. The van der Waals surface area contributed by atoms with Crippen LogP contribution in [0.25, 0.3) is 0 Å². The molecule has 0 bridgehead atoms. The maximum Gasteiger partial charge on any atom is 0.329 e. The van der Waals surface area contributed by atoms with E-state index >= 15 is 0 Å². The summed E-state index contributed by atoms with van der Waals surface area (Å²) < 4.78 is 29.5. The molecule has 6 nitrogen and oxygen atoms in total. The zero-order valence-electron chi connectivity index (χ0n) is 11.1. The summed E-state index contributed by atoms with van der Waals surface area (Å²) in [6, 6.07) is 7.22. The van der Waals surface area contributed by atoms with Crippen LogP contribution in [0.15, 0.2) is 30.3 Å². The van der Waals surface area contributed by atoms with Gasteiger partial charge < -0.3 is 4.74 Å². The Bertz CT molecular complexity index is 535. The maximum atomic E-state index is 12.0. The topological polar surface area (TPSA) is 98.5 Å². The first-order valence-corrected chi connectivity index (χ1v) is 7.21. The Labute approximate surface area is 113 Å². The molecular weight excluding hydrogens is 268 g/mol. The number of nitrogens with one attached hydrogen (secondary N) is 1. The molecule has 3 N–H and O–H groups in total. The normalized spacial score (nSPS) is 13.9. The minimum absolute atomic E-state index is 0.464. The number of hydrogen-bond acceptors (Lipinski definition) is 4. The summed E-state index contributed by atoms with van der Waals surface area (Å²) in [5, 5.41) is 4.93. The number of benzene rings is 1. The van der Waals surface area contributed by atoms with E-state index in [0.717, 1.165) is 0 Å². The third kappa shape index (κ3) is 5.82. The zero-order chi connectivity index (χ0) is 14.7. The second-order valence-electron chi connectivity index (χ2n) is 5.04. The molecule has 0 aromatic heterocycles. The van der Waals surface area contributed by atoms with E-state index in [4.69, 9.17) is 9.88 Å². The molecule has 0 aliphatic rings. The minimum atomic E-state index is -4.02. The third-order valence-electron chi connectivity index (χ3n) is 2.06. The van der Waals surface area contributed by atoms with Crippen molar-refractivity contribution >= 4 is 16.2 Å². The average Bonchev–Trinajstić information content (AvgIpc) is 2.23.